The Morgan fingerprint density at radius 3 is 2.55 bits per heavy atom. The summed E-state index contributed by atoms with van der Waals surface area (Å²) in [6.45, 7) is 0.407. The number of benzene rings is 1. The fourth-order valence-electron chi connectivity index (χ4n) is 1.61. The molecule has 1 rings (SSSR count). The van der Waals surface area contributed by atoms with Crippen LogP contribution in [0.25, 0.3) is 0 Å². The number of ether oxygens (including phenoxy) is 2. The number of aliphatic carboxylic acids is 1. The van der Waals surface area contributed by atoms with E-state index in [1.807, 2.05) is 0 Å². The lowest BCUT2D eigenvalue weighted by atomic mass is 10.0. The Morgan fingerprint density at radius 1 is 1.30 bits per heavy atom. The third-order valence-corrected chi connectivity index (χ3v) is 2.55. The molecule has 0 aliphatic heterocycles. The molecule has 112 valence electrons. The predicted octanol–water partition coefficient (Wildman–Crippen LogP) is 2.75. The summed E-state index contributed by atoms with van der Waals surface area (Å²) in [5.74, 6) is -1.06. The van der Waals surface area contributed by atoms with Crippen molar-refractivity contribution < 1.29 is 32.5 Å². The molecule has 0 aromatic heterocycles. The molecule has 0 saturated heterocycles. The molecule has 0 spiro atoms. The molecule has 1 aromatic carbocycles. The summed E-state index contributed by atoms with van der Waals surface area (Å²) < 4.78 is 48.6. The quantitative estimate of drug-likeness (QED) is 0.785. The van der Waals surface area contributed by atoms with Gasteiger partial charge in [-0.2, -0.15) is 13.2 Å². The Morgan fingerprint density at radius 2 is 2.00 bits per heavy atom. The van der Waals surface area contributed by atoms with Gasteiger partial charge in [-0.1, -0.05) is 6.07 Å². The molecule has 0 saturated carbocycles. The van der Waals surface area contributed by atoms with Crippen LogP contribution in [0.2, 0.25) is 0 Å². The van der Waals surface area contributed by atoms with Crippen molar-refractivity contribution in [2.24, 2.45) is 0 Å². The zero-order chi connectivity index (χ0) is 15.2. The van der Waals surface area contributed by atoms with Crippen molar-refractivity contribution in [3.8, 4) is 5.75 Å². The van der Waals surface area contributed by atoms with Gasteiger partial charge in [-0.25, -0.2) is 0 Å². The summed E-state index contributed by atoms with van der Waals surface area (Å²) in [5.41, 5.74) is -0.923. The Hall–Kier alpha value is -1.76. The zero-order valence-corrected chi connectivity index (χ0v) is 10.9. The molecule has 1 aromatic rings. The molecule has 0 radical (unpaired) electrons. The van der Waals surface area contributed by atoms with Crippen molar-refractivity contribution in [3.05, 3.63) is 29.3 Å². The van der Waals surface area contributed by atoms with Gasteiger partial charge in [0, 0.05) is 13.5 Å². The lowest BCUT2D eigenvalue weighted by molar-refractivity contribution is -0.140. The number of aryl methyl sites for hydroxylation is 1. The minimum absolute atomic E-state index is 0.0565. The summed E-state index contributed by atoms with van der Waals surface area (Å²) >= 11 is 0. The topological polar surface area (TPSA) is 55.8 Å². The maximum atomic E-state index is 12.9. The van der Waals surface area contributed by atoms with Crippen LogP contribution >= 0.6 is 0 Å². The summed E-state index contributed by atoms with van der Waals surface area (Å²) in [5, 5.41) is 8.55. The van der Waals surface area contributed by atoms with E-state index in [9.17, 15) is 18.0 Å². The first-order chi connectivity index (χ1) is 9.34. The number of alkyl halides is 3. The van der Waals surface area contributed by atoms with Crippen LogP contribution in [0.1, 0.15) is 17.5 Å². The molecule has 0 fully saturated rings. The number of hydrogen-bond donors (Lipinski definition) is 1. The van der Waals surface area contributed by atoms with Crippen LogP contribution in [0.15, 0.2) is 18.2 Å². The number of hydrogen-bond acceptors (Lipinski definition) is 3. The van der Waals surface area contributed by atoms with E-state index in [4.69, 9.17) is 14.6 Å². The second kappa shape index (κ2) is 7.14. The van der Waals surface area contributed by atoms with Crippen molar-refractivity contribution in [1.82, 2.24) is 0 Å². The van der Waals surface area contributed by atoms with Gasteiger partial charge in [0.1, 0.15) is 12.4 Å². The average molecular weight is 292 g/mol. The van der Waals surface area contributed by atoms with Gasteiger partial charge in [0.2, 0.25) is 0 Å². The lowest BCUT2D eigenvalue weighted by Crippen LogP contribution is -2.12. The second-order valence-corrected chi connectivity index (χ2v) is 4.05. The largest absolute Gasteiger partial charge is 0.491 e. The van der Waals surface area contributed by atoms with Crippen molar-refractivity contribution in [1.29, 1.82) is 0 Å². The summed E-state index contributed by atoms with van der Waals surface area (Å²) in [7, 11) is 1.46. The maximum Gasteiger partial charge on any atom is 0.416 e. The van der Waals surface area contributed by atoms with E-state index in [0.29, 0.717) is 0 Å². The number of rotatable bonds is 7. The number of carboxylic acids is 1. The second-order valence-electron chi connectivity index (χ2n) is 4.05. The molecule has 7 heteroatoms. The van der Waals surface area contributed by atoms with Crippen LogP contribution in [0.4, 0.5) is 13.2 Å². The van der Waals surface area contributed by atoms with Gasteiger partial charge in [-0.3, -0.25) is 4.79 Å². The van der Waals surface area contributed by atoms with Crippen LogP contribution in [0.3, 0.4) is 0 Å². The molecule has 0 aliphatic rings. The van der Waals surface area contributed by atoms with Crippen LogP contribution in [0, 0.1) is 0 Å². The minimum Gasteiger partial charge on any atom is -0.491 e. The summed E-state index contributed by atoms with van der Waals surface area (Å²) in [6.07, 6.45) is -5.08. The number of carboxylic acid groups (broad SMARTS) is 1. The number of methoxy groups -OCH3 is 1. The van der Waals surface area contributed by atoms with E-state index in [1.54, 1.807) is 0 Å². The highest BCUT2D eigenvalue weighted by Gasteiger charge is 2.33. The molecular formula is C13H15F3O4. The van der Waals surface area contributed by atoms with Crippen molar-refractivity contribution >= 4 is 5.97 Å². The molecule has 0 unspecified atom stereocenters. The third-order valence-electron chi connectivity index (χ3n) is 2.55. The molecular weight excluding hydrogens is 277 g/mol. The normalized spacial score (nSPS) is 11.4. The molecule has 0 heterocycles. The molecule has 20 heavy (non-hydrogen) atoms. The summed E-state index contributed by atoms with van der Waals surface area (Å²) in [4.78, 5) is 10.5. The fourth-order valence-corrected chi connectivity index (χ4v) is 1.61. The van der Waals surface area contributed by atoms with Crippen LogP contribution in [-0.4, -0.2) is 31.4 Å². The van der Waals surface area contributed by atoms with Gasteiger partial charge in [-0.05, 0) is 24.1 Å². The highest BCUT2D eigenvalue weighted by atomic mass is 19.4. The lowest BCUT2D eigenvalue weighted by Gasteiger charge is -2.14. The predicted molar refractivity (Wildman–Crippen MR) is 64.8 cm³/mol. The van der Waals surface area contributed by atoms with Gasteiger partial charge < -0.3 is 14.6 Å². The number of carbonyl (C=O) groups is 1. The van der Waals surface area contributed by atoms with Crippen molar-refractivity contribution in [2.75, 3.05) is 20.3 Å². The van der Waals surface area contributed by atoms with Crippen LogP contribution in [0.5, 0.6) is 5.75 Å². The molecule has 4 nitrogen and oxygen atoms in total. The van der Waals surface area contributed by atoms with E-state index in [0.717, 1.165) is 6.07 Å². The van der Waals surface area contributed by atoms with E-state index in [1.165, 1.54) is 19.2 Å². The fraction of sp³-hybridized carbons (Fsp3) is 0.462. The first-order valence-corrected chi connectivity index (χ1v) is 5.88. The third kappa shape index (κ3) is 5.08. The molecule has 0 atom stereocenters. The first-order valence-electron chi connectivity index (χ1n) is 5.88. The molecule has 0 aliphatic carbocycles. The van der Waals surface area contributed by atoms with Crippen LogP contribution < -0.4 is 4.74 Å². The maximum absolute atomic E-state index is 12.9. The van der Waals surface area contributed by atoms with E-state index < -0.39 is 17.7 Å². The highest BCUT2D eigenvalue weighted by molar-refractivity contribution is 5.67. The molecule has 0 amide bonds. The van der Waals surface area contributed by atoms with E-state index >= 15 is 0 Å². The average Bonchev–Trinajstić information content (AvgIpc) is 2.36. The Bertz CT molecular complexity index is 457. The first kappa shape index (κ1) is 16.3. The summed E-state index contributed by atoms with van der Waals surface area (Å²) in [6, 6.07) is 3.52. The molecule has 0 bridgehead atoms. The van der Waals surface area contributed by atoms with E-state index in [-0.39, 0.29) is 37.4 Å². The molecule has 1 N–H and O–H groups in total. The van der Waals surface area contributed by atoms with Crippen molar-refractivity contribution in [3.63, 3.8) is 0 Å². The Kier molecular flexibility index (Phi) is 5.82. The zero-order valence-electron chi connectivity index (χ0n) is 10.9. The van der Waals surface area contributed by atoms with Gasteiger partial charge in [0.25, 0.3) is 0 Å². The minimum atomic E-state index is -4.55. The Labute approximate surface area is 114 Å². The Balaban J connectivity index is 2.92. The monoisotopic (exact) mass is 292 g/mol. The van der Waals surface area contributed by atoms with Crippen LogP contribution in [-0.2, 0) is 22.1 Å². The highest BCUT2D eigenvalue weighted by Crippen LogP contribution is 2.35. The van der Waals surface area contributed by atoms with Gasteiger partial charge in [-0.15, -0.1) is 0 Å². The van der Waals surface area contributed by atoms with Gasteiger partial charge in [0.05, 0.1) is 12.2 Å². The van der Waals surface area contributed by atoms with Gasteiger partial charge in [0.15, 0.2) is 0 Å². The van der Waals surface area contributed by atoms with E-state index in [2.05, 4.69) is 0 Å². The smallest absolute Gasteiger partial charge is 0.416 e. The standard InChI is InChI=1S/C13H15F3O4/c1-19-6-7-20-10-4-2-9(3-5-12(17)18)11(8-10)13(14,15)16/h2,4,8H,3,5-7H2,1H3,(H,17,18). The number of halogens is 3. The van der Waals surface area contributed by atoms with Gasteiger partial charge >= 0.3 is 12.1 Å². The van der Waals surface area contributed by atoms with Crippen molar-refractivity contribution in [2.45, 2.75) is 19.0 Å². The SMILES string of the molecule is COCCOc1ccc(CCC(=O)O)c(C(F)(F)F)c1.